The Bertz CT molecular complexity index is 251. The van der Waals surface area contributed by atoms with E-state index in [0.717, 1.165) is 11.7 Å². The van der Waals surface area contributed by atoms with Gasteiger partial charge in [0, 0.05) is 5.75 Å². The van der Waals surface area contributed by atoms with Crippen LogP contribution in [0.25, 0.3) is 0 Å². The number of hydrogen-bond acceptors (Lipinski definition) is 1. The van der Waals surface area contributed by atoms with Crippen molar-refractivity contribution in [2.75, 3.05) is 0 Å². The molecule has 0 heterocycles. The average Bonchev–Trinajstić information content (AvgIpc) is 2.87. The molecule has 0 aliphatic heterocycles. The number of rotatable bonds is 2. The molecule has 0 nitrogen and oxygen atoms in total. The topological polar surface area (TPSA) is 0 Å². The Hall–Kier alpha value is -0.430. The molecule has 0 spiro atoms. The minimum atomic E-state index is 0.860. The molecule has 1 aliphatic rings. The molecule has 0 unspecified atom stereocenters. The molecule has 1 saturated carbocycles. The van der Waals surface area contributed by atoms with E-state index in [0.29, 0.717) is 0 Å². The second kappa shape index (κ2) is 2.90. The third-order valence-corrected chi connectivity index (χ3v) is 2.58. The number of hydrogen-bond donors (Lipinski definition) is 1. The quantitative estimate of drug-likeness (QED) is 0.638. The lowest BCUT2D eigenvalue weighted by atomic mass is 10.1. The standard InChI is InChI=1S/C10H12S/c11-7-9-3-1-2-4-10(9)8-5-6-8/h1-4,8,11H,5-7H2. The molecule has 58 valence electrons. The van der Waals surface area contributed by atoms with Gasteiger partial charge in [-0.15, -0.1) is 0 Å². The van der Waals surface area contributed by atoms with Crippen LogP contribution in [-0.2, 0) is 5.75 Å². The van der Waals surface area contributed by atoms with E-state index in [2.05, 4.69) is 36.9 Å². The Balaban J connectivity index is 2.34. The highest BCUT2D eigenvalue weighted by Gasteiger charge is 2.24. The van der Waals surface area contributed by atoms with Crippen LogP contribution in [0.4, 0.5) is 0 Å². The van der Waals surface area contributed by atoms with E-state index in [1.54, 1.807) is 0 Å². The molecule has 0 amide bonds. The van der Waals surface area contributed by atoms with Crippen LogP contribution in [0.1, 0.15) is 29.9 Å². The van der Waals surface area contributed by atoms with Gasteiger partial charge in [0.2, 0.25) is 0 Å². The van der Waals surface area contributed by atoms with Gasteiger partial charge >= 0.3 is 0 Å². The minimum absolute atomic E-state index is 0.860. The summed E-state index contributed by atoms with van der Waals surface area (Å²) in [6.07, 6.45) is 2.76. The van der Waals surface area contributed by atoms with Gasteiger partial charge in [-0.05, 0) is 29.9 Å². The lowest BCUT2D eigenvalue weighted by Crippen LogP contribution is -1.86. The van der Waals surface area contributed by atoms with Crippen molar-refractivity contribution >= 4 is 12.6 Å². The summed E-state index contributed by atoms with van der Waals surface area (Å²) in [5.41, 5.74) is 2.95. The maximum absolute atomic E-state index is 4.30. The molecule has 0 N–H and O–H groups in total. The average molecular weight is 164 g/mol. The fourth-order valence-electron chi connectivity index (χ4n) is 1.47. The first-order valence-corrected chi connectivity index (χ1v) is 4.73. The molecule has 2 rings (SSSR count). The molecule has 1 aliphatic carbocycles. The molecule has 0 radical (unpaired) electrons. The van der Waals surface area contributed by atoms with Crippen molar-refractivity contribution in [3.63, 3.8) is 0 Å². The van der Waals surface area contributed by atoms with Gasteiger partial charge < -0.3 is 0 Å². The molecule has 1 heteroatoms. The first-order chi connectivity index (χ1) is 5.42. The molecular formula is C10H12S. The van der Waals surface area contributed by atoms with Crippen molar-refractivity contribution in [1.82, 2.24) is 0 Å². The summed E-state index contributed by atoms with van der Waals surface area (Å²) < 4.78 is 0. The van der Waals surface area contributed by atoms with E-state index in [4.69, 9.17) is 0 Å². The zero-order valence-corrected chi connectivity index (χ0v) is 7.35. The second-order valence-corrected chi connectivity index (χ2v) is 3.45. The van der Waals surface area contributed by atoms with Gasteiger partial charge in [0.25, 0.3) is 0 Å². The zero-order valence-electron chi connectivity index (χ0n) is 6.46. The Labute approximate surface area is 73.0 Å². The van der Waals surface area contributed by atoms with Crippen LogP contribution in [0.3, 0.4) is 0 Å². The van der Waals surface area contributed by atoms with Gasteiger partial charge in [-0.3, -0.25) is 0 Å². The van der Waals surface area contributed by atoms with Crippen molar-refractivity contribution in [3.05, 3.63) is 35.4 Å². The Morgan fingerprint density at radius 2 is 2.00 bits per heavy atom. The highest BCUT2D eigenvalue weighted by molar-refractivity contribution is 7.79. The van der Waals surface area contributed by atoms with Gasteiger partial charge in [-0.2, -0.15) is 12.6 Å². The monoisotopic (exact) mass is 164 g/mol. The van der Waals surface area contributed by atoms with Crippen molar-refractivity contribution in [2.45, 2.75) is 24.5 Å². The zero-order chi connectivity index (χ0) is 7.68. The van der Waals surface area contributed by atoms with E-state index in [9.17, 15) is 0 Å². The van der Waals surface area contributed by atoms with Crippen LogP contribution >= 0.6 is 12.6 Å². The van der Waals surface area contributed by atoms with Crippen LogP contribution in [0.15, 0.2) is 24.3 Å². The SMILES string of the molecule is SCc1ccccc1C1CC1. The fraction of sp³-hybridized carbons (Fsp3) is 0.400. The van der Waals surface area contributed by atoms with Crippen molar-refractivity contribution in [3.8, 4) is 0 Å². The summed E-state index contributed by atoms with van der Waals surface area (Å²) in [5, 5.41) is 0. The van der Waals surface area contributed by atoms with Crippen LogP contribution in [0, 0.1) is 0 Å². The van der Waals surface area contributed by atoms with Crippen LogP contribution < -0.4 is 0 Å². The second-order valence-electron chi connectivity index (χ2n) is 3.13. The summed E-state index contributed by atoms with van der Waals surface area (Å²) >= 11 is 4.30. The maximum atomic E-state index is 4.30. The molecule has 11 heavy (non-hydrogen) atoms. The van der Waals surface area contributed by atoms with Crippen molar-refractivity contribution in [1.29, 1.82) is 0 Å². The fourth-order valence-corrected chi connectivity index (χ4v) is 1.76. The van der Waals surface area contributed by atoms with E-state index >= 15 is 0 Å². The molecule has 1 aromatic carbocycles. The number of benzene rings is 1. The Kier molecular flexibility index (Phi) is 1.91. The van der Waals surface area contributed by atoms with Crippen LogP contribution in [0.2, 0.25) is 0 Å². The molecular weight excluding hydrogens is 152 g/mol. The molecule has 1 fully saturated rings. The van der Waals surface area contributed by atoms with Crippen LogP contribution in [-0.4, -0.2) is 0 Å². The van der Waals surface area contributed by atoms with Crippen LogP contribution in [0.5, 0.6) is 0 Å². The summed E-state index contributed by atoms with van der Waals surface area (Å²) in [7, 11) is 0. The summed E-state index contributed by atoms with van der Waals surface area (Å²) in [6, 6.07) is 8.64. The normalized spacial score (nSPS) is 16.8. The van der Waals surface area contributed by atoms with Gasteiger partial charge in [-0.1, -0.05) is 24.3 Å². The third-order valence-electron chi connectivity index (χ3n) is 2.24. The van der Waals surface area contributed by atoms with Gasteiger partial charge in [0.15, 0.2) is 0 Å². The highest BCUT2D eigenvalue weighted by atomic mass is 32.1. The van der Waals surface area contributed by atoms with E-state index in [1.807, 2.05) is 0 Å². The summed E-state index contributed by atoms with van der Waals surface area (Å²) in [4.78, 5) is 0. The lowest BCUT2D eigenvalue weighted by molar-refractivity contribution is 1.09. The van der Waals surface area contributed by atoms with E-state index in [1.165, 1.54) is 24.0 Å². The largest absolute Gasteiger partial charge is 0.175 e. The van der Waals surface area contributed by atoms with Crippen molar-refractivity contribution < 1.29 is 0 Å². The summed E-state index contributed by atoms with van der Waals surface area (Å²) in [6.45, 7) is 0. The minimum Gasteiger partial charge on any atom is -0.175 e. The summed E-state index contributed by atoms with van der Waals surface area (Å²) in [5.74, 6) is 1.74. The predicted octanol–water partition coefficient (Wildman–Crippen LogP) is 2.99. The third kappa shape index (κ3) is 1.43. The predicted molar refractivity (Wildman–Crippen MR) is 51.1 cm³/mol. The van der Waals surface area contributed by atoms with Crippen molar-refractivity contribution in [2.24, 2.45) is 0 Å². The Morgan fingerprint density at radius 1 is 1.27 bits per heavy atom. The molecule has 0 aromatic heterocycles. The lowest BCUT2D eigenvalue weighted by Gasteiger charge is -2.03. The van der Waals surface area contributed by atoms with Gasteiger partial charge in [-0.25, -0.2) is 0 Å². The van der Waals surface area contributed by atoms with Gasteiger partial charge in [0.1, 0.15) is 0 Å². The smallest absolute Gasteiger partial charge is 0.0157 e. The molecule has 0 saturated heterocycles. The molecule has 1 aromatic rings. The molecule has 0 atom stereocenters. The first kappa shape index (κ1) is 7.23. The molecule has 0 bridgehead atoms. The highest BCUT2D eigenvalue weighted by Crippen LogP contribution is 2.41. The van der Waals surface area contributed by atoms with E-state index in [-0.39, 0.29) is 0 Å². The number of thiol groups is 1. The Morgan fingerprint density at radius 3 is 2.64 bits per heavy atom. The first-order valence-electron chi connectivity index (χ1n) is 4.10. The maximum Gasteiger partial charge on any atom is 0.0157 e. The van der Waals surface area contributed by atoms with E-state index < -0.39 is 0 Å². The van der Waals surface area contributed by atoms with Gasteiger partial charge in [0.05, 0.1) is 0 Å².